The molecule has 1 saturated heterocycles. The number of anilines is 1. The number of piperazine rings is 1. The highest BCUT2D eigenvalue weighted by Gasteiger charge is 2.20. The standard InChI is InChI=1S/C28H27N9O.Cl2O/c1-33-7-3-4-21(28(33)38)18-35-8-10-36(11-9-35)26-6-5-20(14-30-26)25-12-22(24-16-31-34(2)17-24)19-37-27(25)23(13-29)15-32-37;1-3-2/h3-7,12,14-17,19H,8-11,18H2,1-2H3;. The molecule has 210 valence electrons. The van der Waals surface area contributed by atoms with Crippen molar-refractivity contribution < 1.29 is 3.84 Å². The van der Waals surface area contributed by atoms with Crippen molar-refractivity contribution in [2.45, 2.75) is 6.54 Å². The van der Waals surface area contributed by atoms with Crippen molar-refractivity contribution >= 4 is 35.1 Å². The van der Waals surface area contributed by atoms with Gasteiger partial charge in [0.1, 0.15) is 11.9 Å². The Balaban J connectivity index is 0.00000108. The summed E-state index contributed by atoms with van der Waals surface area (Å²) in [4.78, 5) is 21.7. The Bertz CT molecular complexity index is 1750. The van der Waals surface area contributed by atoms with Crippen LogP contribution < -0.4 is 10.5 Å². The van der Waals surface area contributed by atoms with Gasteiger partial charge in [-0.15, -0.1) is 0 Å². The average molecular weight is 592 g/mol. The third-order valence-electron chi connectivity index (χ3n) is 7.12. The summed E-state index contributed by atoms with van der Waals surface area (Å²) in [7, 11) is 3.67. The van der Waals surface area contributed by atoms with Crippen molar-refractivity contribution in [3.63, 3.8) is 0 Å². The van der Waals surface area contributed by atoms with Crippen molar-refractivity contribution in [2.75, 3.05) is 31.1 Å². The second-order valence-corrected chi connectivity index (χ2v) is 10.2. The van der Waals surface area contributed by atoms with E-state index in [0.717, 1.165) is 65.3 Å². The van der Waals surface area contributed by atoms with Crippen LogP contribution in [-0.2, 0) is 24.5 Å². The molecule has 1 fully saturated rings. The van der Waals surface area contributed by atoms with Gasteiger partial charge in [-0.25, -0.2) is 9.50 Å². The number of pyridine rings is 3. The van der Waals surface area contributed by atoms with E-state index < -0.39 is 0 Å². The summed E-state index contributed by atoms with van der Waals surface area (Å²) >= 11 is 8.53. The summed E-state index contributed by atoms with van der Waals surface area (Å²) in [5.41, 5.74) is 5.91. The topological polar surface area (TPSA) is 110 Å². The van der Waals surface area contributed by atoms with E-state index in [1.54, 1.807) is 33.2 Å². The van der Waals surface area contributed by atoms with Gasteiger partial charge in [-0.1, -0.05) is 6.07 Å². The molecular formula is C28H27Cl2N9O2. The van der Waals surface area contributed by atoms with Crippen LogP contribution in [-0.4, -0.2) is 60.0 Å². The van der Waals surface area contributed by atoms with E-state index in [4.69, 9.17) is 4.98 Å². The van der Waals surface area contributed by atoms with E-state index in [-0.39, 0.29) is 5.56 Å². The zero-order valence-corrected chi connectivity index (χ0v) is 24.0. The Labute approximate surface area is 246 Å². The van der Waals surface area contributed by atoms with E-state index in [1.165, 1.54) is 0 Å². The molecule has 11 nitrogen and oxygen atoms in total. The van der Waals surface area contributed by atoms with Crippen molar-refractivity contribution in [1.82, 2.24) is 33.8 Å². The number of halogens is 2. The molecule has 41 heavy (non-hydrogen) atoms. The van der Waals surface area contributed by atoms with E-state index in [9.17, 15) is 10.1 Å². The van der Waals surface area contributed by atoms with Gasteiger partial charge in [0.25, 0.3) is 5.56 Å². The lowest BCUT2D eigenvalue weighted by atomic mass is 10.0. The minimum atomic E-state index is 0.0617. The zero-order chi connectivity index (χ0) is 28.9. The monoisotopic (exact) mass is 591 g/mol. The average Bonchev–Trinajstić information content (AvgIpc) is 3.62. The Kier molecular flexibility index (Phi) is 8.66. The molecule has 0 radical (unpaired) electrons. The summed E-state index contributed by atoms with van der Waals surface area (Å²) in [6, 6.07) is 12.2. The van der Waals surface area contributed by atoms with Crippen LogP contribution in [0.3, 0.4) is 0 Å². The van der Waals surface area contributed by atoms with E-state index >= 15 is 0 Å². The van der Waals surface area contributed by atoms with E-state index in [2.05, 4.69) is 65.8 Å². The van der Waals surface area contributed by atoms with Crippen LogP contribution >= 0.6 is 23.7 Å². The number of nitrogens with zero attached hydrogens (tertiary/aromatic N) is 9. The molecule has 0 bridgehead atoms. The highest BCUT2D eigenvalue weighted by Crippen LogP contribution is 2.32. The first-order chi connectivity index (χ1) is 19.9. The van der Waals surface area contributed by atoms with Crippen LogP contribution in [0, 0.1) is 11.3 Å². The fourth-order valence-electron chi connectivity index (χ4n) is 5.03. The highest BCUT2D eigenvalue weighted by atomic mass is 35.6. The minimum Gasteiger partial charge on any atom is -0.354 e. The summed E-state index contributed by atoms with van der Waals surface area (Å²) in [5.74, 6) is 0.914. The normalized spacial score (nSPS) is 13.6. The first-order valence-electron chi connectivity index (χ1n) is 12.8. The molecule has 5 aromatic rings. The van der Waals surface area contributed by atoms with Crippen molar-refractivity contribution in [2.24, 2.45) is 14.1 Å². The molecule has 0 spiro atoms. The minimum absolute atomic E-state index is 0.0617. The summed E-state index contributed by atoms with van der Waals surface area (Å²) in [6.07, 6.45) is 10.9. The maximum atomic E-state index is 12.4. The Morgan fingerprint density at radius 3 is 2.41 bits per heavy atom. The maximum Gasteiger partial charge on any atom is 0.254 e. The first kappa shape index (κ1) is 28.3. The lowest BCUT2D eigenvalue weighted by molar-refractivity contribution is 0.248. The molecular weight excluding hydrogens is 565 g/mol. The molecule has 1 aliphatic rings. The number of hydrogen-bond donors (Lipinski definition) is 0. The van der Waals surface area contributed by atoms with Crippen molar-refractivity contribution in [1.29, 1.82) is 5.26 Å². The molecule has 13 heteroatoms. The van der Waals surface area contributed by atoms with Crippen LogP contribution in [0.15, 0.2) is 72.3 Å². The summed E-state index contributed by atoms with van der Waals surface area (Å²) < 4.78 is 8.34. The highest BCUT2D eigenvalue weighted by molar-refractivity contribution is 6.24. The van der Waals surface area contributed by atoms with Gasteiger partial charge >= 0.3 is 0 Å². The zero-order valence-electron chi connectivity index (χ0n) is 22.5. The van der Waals surface area contributed by atoms with Crippen molar-refractivity contribution in [3.05, 3.63) is 89.0 Å². The molecule has 0 saturated carbocycles. The SMILES string of the molecule is ClOCl.Cn1cc(-c2cc(-c3ccc(N4CCN(Cc5cccn(C)c5=O)CC4)nc3)c3c(C#N)cnn3c2)cn1. The molecule has 0 aromatic carbocycles. The molecule has 5 aromatic heterocycles. The van der Waals surface area contributed by atoms with Gasteiger partial charge in [-0.3, -0.25) is 14.4 Å². The van der Waals surface area contributed by atoms with Gasteiger partial charge in [0.05, 0.1) is 47.2 Å². The van der Waals surface area contributed by atoms with Gasteiger partial charge in [0, 0.05) is 99.4 Å². The fraction of sp³-hybridized carbons (Fsp3) is 0.250. The molecule has 6 heterocycles. The maximum absolute atomic E-state index is 12.4. The van der Waals surface area contributed by atoms with Gasteiger partial charge in [0.2, 0.25) is 0 Å². The predicted molar refractivity (Wildman–Crippen MR) is 157 cm³/mol. The third-order valence-corrected chi connectivity index (χ3v) is 7.12. The van der Waals surface area contributed by atoms with Gasteiger partial charge in [-0.05, 0) is 24.3 Å². The molecule has 1 aliphatic heterocycles. The van der Waals surface area contributed by atoms with Crippen LogP contribution in [0.5, 0.6) is 0 Å². The number of hydrogen-bond acceptors (Lipinski definition) is 8. The Morgan fingerprint density at radius 1 is 0.976 bits per heavy atom. The smallest absolute Gasteiger partial charge is 0.254 e. The number of aryl methyl sites for hydroxylation is 2. The molecule has 0 amide bonds. The lowest BCUT2D eigenvalue weighted by Gasteiger charge is -2.35. The summed E-state index contributed by atoms with van der Waals surface area (Å²) in [5, 5.41) is 18.4. The summed E-state index contributed by atoms with van der Waals surface area (Å²) in [6.45, 7) is 4.04. The lowest BCUT2D eigenvalue weighted by Crippen LogP contribution is -2.46. The van der Waals surface area contributed by atoms with Crippen LogP contribution in [0.4, 0.5) is 5.82 Å². The molecule has 6 rings (SSSR count). The van der Waals surface area contributed by atoms with Crippen molar-refractivity contribution in [3.8, 4) is 28.3 Å². The van der Waals surface area contributed by atoms with Crippen LogP contribution in [0.25, 0.3) is 27.8 Å². The van der Waals surface area contributed by atoms with Gasteiger partial charge in [-0.2, -0.15) is 19.3 Å². The quantitative estimate of drug-likeness (QED) is 0.301. The molecule has 0 N–H and O–H groups in total. The number of aromatic nitrogens is 6. The Hall–Kier alpha value is -4.21. The Morgan fingerprint density at radius 2 is 1.76 bits per heavy atom. The fourth-order valence-corrected chi connectivity index (χ4v) is 5.03. The van der Waals surface area contributed by atoms with Crippen LogP contribution in [0.1, 0.15) is 11.1 Å². The largest absolute Gasteiger partial charge is 0.354 e. The molecule has 0 aliphatic carbocycles. The molecule has 0 unspecified atom stereocenters. The van der Waals surface area contributed by atoms with Crippen LogP contribution in [0.2, 0.25) is 0 Å². The van der Waals surface area contributed by atoms with E-state index in [1.807, 2.05) is 50.0 Å². The second kappa shape index (κ2) is 12.5. The van der Waals surface area contributed by atoms with Gasteiger partial charge in [0.15, 0.2) is 0 Å². The number of nitriles is 1. The van der Waals surface area contributed by atoms with Gasteiger partial charge < -0.3 is 9.47 Å². The first-order valence-corrected chi connectivity index (χ1v) is 13.4. The number of rotatable bonds is 5. The van der Waals surface area contributed by atoms with E-state index in [0.29, 0.717) is 12.1 Å². The predicted octanol–water partition coefficient (Wildman–Crippen LogP) is 4.00. The second-order valence-electron chi connectivity index (χ2n) is 9.68. The molecule has 0 atom stereocenters. The number of fused-ring (bicyclic) bond motifs is 1. The third kappa shape index (κ3) is 6.11.